The van der Waals surface area contributed by atoms with E-state index in [1.165, 1.54) is 0 Å². The summed E-state index contributed by atoms with van der Waals surface area (Å²) in [5.74, 6) is -0.0976. The third-order valence-electron chi connectivity index (χ3n) is 4.34. The van der Waals surface area contributed by atoms with Gasteiger partial charge in [-0.05, 0) is 18.1 Å². The average molecular weight is 399 g/mol. The number of amides is 1. The number of carbonyl (C=O) groups is 1. The van der Waals surface area contributed by atoms with Crippen LogP contribution in [0.3, 0.4) is 0 Å². The standard InChI is InChI=1S/C17H20F3N5OS/c1-2-12-5-3-4-6-13(12)21-14(26)11-24-7-9-25(10-8-24)16-23-22-15(27-16)17(18,19)20/h3-6H,2,7-11H2,1H3,(H,21,26). The van der Waals surface area contributed by atoms with Gasteiger partial charge in [0.1, 0.15) is 0 Å². The Kier molecular flexibility index (Phi) is 5.95. The molecule has 0 saturated carbocycles. The summed E-state index contributed by atoms with van der Waals surface area (Å²) in [6, 6.07) is 7.67. The van der Waals surface area contributed by atoms with E-state index >= 15 is 0 Å². The van der Waals surface area contributed by atoms with Crippen molar-refractivity contribution in [3.8, 4) is 0 Å². The highest BCUT2D eigenvalue weighted by Crippen LogP contribution is 2.34. The molecule has 1 aromatic carbocycles. The third-order valence-corrected chi connectivity index (χ3v) is 5.37. The molecule has 146 valence electrons. The maximum absolute atomic E-state index is 12.6. The SMILES string of the molecule is CCc1ccccc1NC(=O)CN1CCN(c2nnc(C(F)(F)F)s2)CC1. The number of benzene rings is 1. The van der Waals surface area contributed by atoms with Gasteiger partial charge in [-0.15, -0.1) is 10.2 Å². The Balaban J connectivity index is 1.50. The Morgan fingerprint density at radius 2 is 1.89 bits per heavy atom. The maximum Gasteiger partial charge on any atom is 0.445 e. The molecule has 0 spiro atoms. The van der Waals surface area contributed by atoms with Gasteiger partial charge < -0.3 is 10.2 Å². The molecule has 1 saturated heterocycles. The molecular formula is C17H20F3N5OS. The fourth-order valence-corrected chi connectivity index (χ4v) is 3.66. The molecule has 0 aliphatic carbocycles. The smallest absolute Gasteiger partial charge is 0.344 e. The first kappa shape index (κ1) is 19.6. The normalized spacial score (nSPS) is 15.8. The van der Waals surface area contributed by atoms with Crippen molar-refractivity contribution < 1.29 is 18.0 Å². The van der Waals surface area contributed by atoms with Crippen molar-refractivity contribution in [2.45, 2.75) is 19.5 Å². The molecule has 0 radical (unpaired) electrons. The maximum atomic E-state index is 12.6. The Hall–Kier alpha value is -2.20. The lowest BCUT2D eigenvalue weighted by Gasteiger charge is -2.33. The van der Waals surface area contributed by atoms with Crippen molar-refractivity contribution in [1.82, 2.24) is 15.1 Å². The molecule has 1 fully saturated rings. The minimum atomic E-state index is -4.47. The summed E-state index contributed by atoms with van der Waals surface area (Å²) >= 11 is 0.548. The summed E-state index contributed by atoms with van der Waals surface area (Å²) in [5, 5.41) is 9.12. The number of piperazine rings is 1. The van der Waals surface area contributed by atoms with E-state index in [0.29, 0.717) is 37.5 Å². The Morgan fingerprint density at radius 1 is 1.19 bits per heavy atom. The second-order valence-corrected chi connectivity index (χ2v) is 7.17. The molecule has 0 unspecified atom stereocenters. The van der Waals surface area contributed by atoms with Crippen LogP contribution in [0.1, 0.15) is 17.5 Å². The predicted molar refractivity (Wildman–Crippen MR) is 98.0 cm³/mol. The zero-order valence-corrected chi connectivity index (χ0v) is 15.6. The predicted octanol–water partition coefficient (Wildman–Crippen LogP) is 2.88. The number of para-hydroxylation sites is 1. The van der Waals surface area contributed by atoms with Gasteiger partial charge in [0, 0.05) is 31.9 Å². The number of anilines is 2. The molecule has 1 N–H and O–H groups in total. The molecule has 0 atom stereocenters. The topological polar surface area (TPSA) is 61.4 Å². The molecule has 1 aliphatic rings. The van der Waals surface area contributed by atoms with E-state index in [1.54, 1.807) is 4.90 Å². The van der Waals surface area contributed by atoms with Crippen LogP contribution in [0, 0.1) is 0 Å². The van der Waals surface area contributed by atoms with Gasteiger partial charge in [-0.25, -0.2) is 0 Å². The average Bonchev–Trinajstić information content (AvgIpc) is 3.13. The second-order valence-electron chi connectivity index (χ2n) is 6.21. The van der Waals surface area contributed by atoms with E-state index in [2.05, 4.69) is 15.5 Å². The van der Waals surface area contributed by atoms with Crippen LogP contribution in [0.5, 0.6) is 0 Å². The number of nitrogens with one attached hydrogen (secondary N) is 1. The van der Waals surface area contributed by atoms with Crippen molar-refractivity contribution in [2.24, 2.45) is 0 Å². The quantitative estimate of drug-likeness (QED) is 0.838. The molecule has 3 rings (SSSR count). The molecule has 2 heterocycles. The summed E-state index contributed by atoms with van der Waals surface area (Å²) in [6.45, 7) is 4.43. The van der Waals surface area contributed by atoms with Gasteiger partial charge in [-0.1, -0.05) is 36.5 Å². The molecule has 1 amide bonds. The van der Waals surface area contributed by atoms with Crippen LogP contribution in [0.2, 0.25) is 0 Å². The first-order chi connectivity index (χ1) is 12.9. The van der Waals surface area contributed by atoms with E-state index in [9.17, 15) is 18.0 Å². The lowest BCUT2D eigenvalue weighted by Crippen LogP contribution is -2.48. The van der Waals surface area contributed by atoms with E-state index < -0.39 is 11.2 Å². The first-order valence-electron chi connectivity index (χ1n) is 8.62. The van der Waals surface area contributed by atoms with Crippen LogP contribution in [0.4, 0.5) is 24.0 Å². The summed E-state index contributed by atoms with van der Waals surface area (Å²) in [7, 11) is 0. The molecule has 0 bridgehead atoms. The lowest BCUT2D eigenvalue weighted by molar-refractivity contribution is -0.138. The number of aryl methyl sites for hydroxylation is 1. The number of rotatable bonds is 5. The van der Waals surface area contributed by atoms with Crippen LogP contribution in [-0.4, -0.2) is 53.7 Å². The zero-order chi connectivity index (χ0) is 19.4. The minimum absolute atomic E-state index is 0.0976. The van der Waals surface area contributed by atoms with E-state index in [-0.39, 0.29) is 17.6 Å². The molecule has 27 heavy (non-hydrogen) atoms. The number of nitrogens with zero attached hydrogens (tertiary/aromatic N) is 4. The summed E-state index contributed by atoms with van der Waals surface area (Å²) in [5.41, 5.74) is 1.89. The number of alkyl halides is 3. The Labute approximate surface area is 159 Å². The fraction of sp³-hybridized carbons (Fsp3) is 0.471. The molecular weight excluding hydrogens is 379 g/mol. The van der Waals surface area contributed by atoms with Crippen molar-refractivity contribution in [3.63, 3.8) is 0 Å². The third kappa shape index (κ3) is 4.95. The van der Waals surface area contributed by atoms with Crippen molar-refractivity contribution in [1.29, 1.82) is 0 Å². The first-order valence-corrected chi connectivity index (χ1v) is 9.44. The van der Waals surface area contributed by atoms with Crippen molar-refractivity contribution >= 4 is 28.1 Å². The highest BCUT2D eigenvalue weighted by atomic mass is 32.1. The van der Waals surface area contributed by atoms with Crippen LogP contribution in [0.25, 0.3) is 0 Å². The van der Waals surface area contributed by atoms with Gasteiger partial charge in [0.05, 0.1) is 6.54 Å². The van der Waals surface area contributed by atoms with Crippen LogP contribution >= 0.6 is 11.3 Å². The largest absolute Gasteiger partial charge is 0.445 e. The van der Waals surface area contributed by atoms with E-state index in [1.807, 2.05) is 36.1 Å². The monoisotopic (exact) mass is 399 g/mol. The van der Waals surface area contributed by atoms with Crippen molar-refractivity contribution in [3.05, 3.63) is 34.8 Å². The van der Waals surface area contributed by atoms with Crippen molar-refractivity contribution in [2.75, 3.05) is 42.9 Å². The molecule has 1 aliphatic heterocycles. The molecule has 10 heteroatoms. The number of hydrogen-bond acceptors (Lipinski definition) is 6. The zero-order valence-electron chi connectivity index (χ0n) is 14.8. The van der Waals surface area contributed by atoms with Gasteiger partial charge in [0.2, 0.25) is 16.0 Å². The van der Waals surface area contributed by atoms with Gasteiger partial charge in [-0.3, -0.25) is 9.69 Å². The number of aromatic nitrogens is 2. The van der Waals surface area contributed by atoms with Gasteiger partial charge in [0.25, 0.3) is 0 Å². The minimum Gasteiger partial charge on any atom is -0.344 e. The second kappa shape index (κ2) is 8.22. The van der Waals surface area contributed by atoms with Crippen LogP contribution in [-0.2, 0) is 17.4 Å². The fourth-order valence-electron chi connectivity index (χ4n) is 2.90. The van der Waals surface area contributed by atoms with Gasteiger partial charge >= 0.3 is 6.18 Å². The number of hydrogen-bond donors (Lipinski definition) is 1. The number of halogens is 3. The van der Waals surface area contributed by atoms with E-state index in [0.717, 1.165) is 17.7 Å². The summed E-state index contributed by atoms with van der Waals surface area (Å²) in [4.78, 5) is 16.1. The Morgan fingerprint density at radius 3 is 2.52 bits per heavy atom. The highest BCUT2D eigenvalue weighted by Gasteiger charge is 2.36. The summed E-state index contributed by atoms with van der Waals surface area (Å²) < 4.78 is 37.9. The van der Waals surface area contributed by atoms with Crippen LogP contribution in [0.15, 0.2) is 24.3 Å². The highest BCUT2D eigenvalue weighted by molar-refractivity contribution is 7.15. The number of carbonyl (C=O) groups excluding carboxylic acids is 1. The Bertz CT molecular complexity index is 787. The van der Waals surface area contributed by atoms with Gasteiger partial charge in [-0.2, -0.15) is 13.2 Å². The summed E-state index contributed by atoms with van der Waals surface area (Å²) in [6.07, 6.45) is -3.64. The molecule has 6 nitrogen and oxygen atoms in total. The van der Waals surface area contributed by atoms with Crippen LogP contribution < -0.4 is 10.2 Å². The lowest BCUT2D eigenvalue weighted by atomic mass is 10.1. The van der Waals surface area contributed by atoms with Gasteiger partial charge in [0.15, 0.2) is 0 Å². The van der Waals surface area contributed by atoms with E-state index in [4.69, 9.17) is 0 Å². The molecule has 2 aromatic rings. The molecule has 1 aromatic heterocycles.